The van der Waals surface area contributed by atoms with Gasteiger partial charge in [0, 0.05) is 18.2 Å². The summed E-state index contributed by atoms with van der Waals surface area (Å²) < 4.78 is 32.0. The fraction of sp³-hybridized carbons (Fsp3) is 0.429. The van der Waals surface area contributed by atoms with Gasteiger partial charge in [-0.05, 0) is 31.9 Å². The van der Waals surface area contributed by atoms with Crippen molar-refractivity contribution in [3.8, 4) is 5.75 Å². The van der Waals surface area contributed by atoms with Crippen LogP contribution in [0.3, 0.4) is 0 Å². The van der Waals surface area contributed by atoms with Crippen LogP contribution in [0.2, 0.25) is 0 Å². The molecule has 4 nitrogen and oxygen atoms in total. The molecule has 0 unspecified atom stereocenters. The third kappa shape index (κ3) is 3.12. The molecule has 1 aliphatic rings. The number of hydrogen-bond acceptors (Lipinski definition) is 3. The highest BCUT2D eigenvalue weighted by Crippen LogP contribution is 2.27. The van der Waals surface area contributed by atoms with Gasteiger partial charge in [0.05, 0.1) is 0 Å². The Labute approximate surface area is 115 Å². The highest BCUT2D eigenvalue weighted by atomic mass is 19.1. The monoisotopic (exact) mass is 283 g/mol. The Kier molecular flexibility index (Phi) is 4.32. The normalized spacial score (nSPS) is 13.9. The Morgan fingerprint density at radius 2 is 2.00 bits per heavy atom. The van der Waals surface area contributed by atoms with Crippen LogP contribution in [0.5, 0.6) is 5.75 Å². The topological polar surface area (TPSA) is 46.6 Å². The highest BCUT2D eigenvalue weighted by Gasteiger charge is 2.31. The Morgan fingerprint density at radius 3 is 2.45 bits per heavy atom. The van der Waals surface area contributed by atoms with Gasteiger partial charge < -0.3 is 9.64 Å². The third-order valence-corrected chi connectivity index (χ3v) is 3.15. The summed E-state index contributed by atoms with van der Waals surface area (Å²) in [6.07, 6.45) is 2.25. The van der Waals surface area contributed by atoms with Crippen molar-refractivity contribution in [2.24, 2.45) is 0 Å². The Hall–Kier alpha value is -1.98. The van der Waals surface area contributed by atoms with E-state index >= 15 is 0 Å². The number of carbonyl (C=O) groups is 2. The zero-order valence-electron chi connectivity index (χ0n) is 11.1. The summed E-state index contributed by atoms with van der Waals surface area (Å²) in [6, 6.07) is 1.96. The minimum absolute atomic E-state index is 0.119. The van der Waals surface area contributed by atoms with Crippen LogP contribution in [0.25, 0.3) is 0 Å². The maximum atomic E-state index is 13.6. The van der Waals surface area contributed by atoms with Crippen LogP contribution in [0.15, 0.2) is 12.1 Å². The molecule has 0 atom stereocenters. The van der Waals surface area contributed by atoms with E-state index in [1.165, 1.54) is 0 Å². The lowest BCUT2D eigenvalue weighted by Gasteiger charge is -2.20. The van der Waals surface area contributed by atoms with Gasteiger partial charge in [-0.25, -0.2) is 8.78 Å². The first-order chi connectivity index (χ1) is 9.56. The molecule has 1 aliphatic carbocycles. The number of ether oxygens (including phenoxy) is 1. The lowest BCUT2D eigenvalue weighted by atomic mass is 10.2. The van der Waals surface area contributed by atoms with Crippen molar-refractivity contribution in [2.75, 3.05) is 13.2 Å². The number of benzene rings is 1. The molecule has 1 saturated carbocycles. The number of rotatable bonds is 6. The van der Waals surface area contributed by atoms with Crippen molar-refractivity contribution in [3.63, 3.8) is 0 Å². The van der Waals surface area contributed by atoms with E-state index in [-0.39, 0.29) is 17.5 Å². The largest absolute Gasteiger partial charge is 0.478 e. The molecule has 0 bridgehead atoms. The number of carbonyl (C=O) groups excluding carboxylic acids is 2. The third-order valence-electron chi connectivity index (χ3n) is 3.15. The molecular weight excluding hydrogens is 268 g/mol. The molecule has 0 radical (unpaired) electrons. The quantitative estimate of drug-likeness (QED) is 0.752. The maximum absolute atomic E-state index is 13.6. The molecular formula is C14H15F2NO3. The van der Waals surface area contributed by atoms with Gasteiger partial charge in [0.25, 0.3) is 5.91 Å². The van der Waals surface area contributed by atoms with Gasteiger partial charge in [-0.15, -0.1) is 0 Å². The number of amides is 1. The van der Waals surface area contributed by atoms with Crippen molar-refractivity contribution in [2.45, 2.75) is 25.8 Å². The predicted octanol–water partition coefficient (Wildman–Crippen LogP) is 2.17. The van der Waals surface area contributed by atoms with Gasteiger partial charge in [-0.2, -0.15) is 0 Å². The molecule has 0 saturated heterocycles. The van der Waals surface area contributed by atoms with Crippen LogP contribution in [-0.4, -0.2) is 36.3 Å². The van der Waals surface area contributed by atoms with Gasteiger partial charge in [0.1, 0.15) is 6.29 Å². The second kappa shape index (κ2) is 5.98. The zero-order valence-corrected chi connectivity index (χ0v) is 11.1. The number of nitrogens with zero attached hydrogens (tertiary/aromatic N) is 1. The summed E-state index contributed by atoms with van der Waals surface area (Å²) >= 11 is 0. The van der Waals surface area contributed by atoms with Crippen LogP contribution < -0.4 is 4.74 Å². The Morgan fingerprint density at radius 1 is 1.40 bits per heavy atom. The van der Waals surface area contributed by atoms with Gasteiger partial charge in [-0.1, -0.05) is 0 Å². The first-order valence-electron chi connectivity index (χ1n) is 6.43. The second-order valence-electron chi connectivity index (χ2n) is 4.63. The fourth-order valence-corrected chi connectivity index (χ4v) is 2.03. The minimum Gasteiger partial charge on any atom is -0.478 e. The molecule has 1 fully saturated rings. The SMILES string of the molecule is CCN(C(=O)COc1c(F)cc(C=O)cc1F)C1CC1. The molecule has 0 N–H and O–H groups in total. The molecule has 1 amide bonds. The molecule has 0 aromatic heterocycles. The van der Waals surface area contributed by atoms with E-state index in [0.717, 1.165) is 25.0 Å². The van der Waals surface area contributed by atoms with Gasteiger partial charge in [0.2, 0.25) is 0 Å². The summed E-state index contributed by atoms with van der Waals surface area (Å²) in [5.74, 6) is -2.91. The van der Waals surface area contributed by atoms with Crippen LogP contribution in [0.4, 0.5) is 8.78 Å². The van der Waals surface area contributed by atoms with E-state index in [4.69, 9.17) is 4.74 Å². The van der Waals surface area contributed by atoms with Crippen molar-refractivity contribution >= 4 is 12.2 Å². The Bertz CT molecular complexity index is 506. The Balaban J connectivity index is 2.03. The predicted molar refractivity (Wildman–Crippen MR) is 67.6 cm³/mol. The van der Waals surface area contributed by atoms with Crippen molar-refractivity contribution in [1.82, 2.24) is 4.90 Å². The zero-order chi connectivity index (χ0) is 14.7. The summed E-state index contributed by atoms with van der Waals surface area (Å²) in [6.45, 7) is 1.97. The van der Waals surface area contributed by atoms with Crippen LogP contribution in [0, 0.1) is 11.6 Å². The van der Waals surface area contributed by atoms with Crippen LogP contribution in [0.1, 0.15) is 30.1 Å². The average molecular weight is 283 g/mol. The molecule has 1 aromatic carbocycles. The van der Waals surface area contributed by atoms with Crippen LogP contribution in [-0.2, 0) is 4.79 Å². The molecule has 20 heavy (non-hydrogen) atoms. The van der Waals surface area contributed by atoms with E-state index in [0.29, 0.717) is 12.8 Å². The van der Waals surface area contributed by atoms with E-state index < -0.39 is 24.0 Å². The molecule has 0 aliphatic heterocycles. The summed E-state index contributed by atoms with van der Waals surface area (Å²) in [5, 5.41) is 0. The molecule has 2 rings (SSSR count). The van der Waals surface area contributed by atoms with Crippen molar-refractivity contribution < 1.29 is 23.1 Å². The highest BCUT2D eigenvalue weighted by molar-refractivity contribution is 5.78. The summed E-state index contributed by atoms with van der Waals surface area (Å²) in [7, 11) is 0. The summed E-state index contributed by atoms with van der Waals surface area (Å²) in [4.78, 5) is 24.0. The molecule has 0 spiro atoms. The van der Waals surface area contributed by atoms with Gasteiger partial charge >= 0.3 is 0 Å². The van der Waals surface area contributed by atoms with Gasteiger partial charge in [0.15, 0.2) is 24.0 Å². The second-order valence-corrected chi connectivity index (χ2v) is 4.63. The molecule has 0 heterocycles. The molecule has 1 aromatic rings. The lowest BCUT2D eigenvalue weighted by molar-refractivity contribution is -0.133. The average Bonchev–Trinajstić information content (AvgIpc) is 3.23. The van der Waals surface area contributed by atoms with E-state index in [9.17, 15) is 18.4 Å². The summed E-state index contributed by atoms with van der Waals surface area (Å²) in [5.41, 5.74) is -0.119. The van der Waals surface area contributed by atoms with E-state index in [1.807, 2.05) is 6.92 Å². The molecule has 6 heteroatoms. The minimum atomic E-state index is -0.991. The lowest BCUT2D eigenvalue weighted by Crippen LogP contribution is -2.36. The fourth-order valence-electron chi connectivity index (χ4n) is 2.03. The first kappa shape index (κ1) is 14.4. The first-order valence-corrected chi connectivity index (χ1v) is 6.43. The number of halogens is 2. The standard InChI is InChI=1S/C14H15F2NO3/c1-2-17(10-3-4-10)13(19)8-20-14-11(15)5-9(7-18)6-12(14)16/h5-7,10H,2-4,8H2,1H3. The molecule has 108 valence electrons. The van der Waals surface area contributed by atoms with E-state index in [1.54, 1.807) is 4.90 Å². The smallest absolute Gasteiger partial charge is 0.260 e. The number of aldehydes is 1. The number of likely N-dealkylation sites (N-methyl/N-ethyl adjacent to an activating group) is 1. The van der Waals surface area contributed by atoms with Crippen molar-refractivity contribution in [3.05, 3.63) is 29.3 Å². The van der Waals surface area contributed by atoms with E-state index in [2.05, 4.69) is 0 Å². The van der Waals surface area contributed by atoms with Crippen molar-refractivity contribution in [1.29, 1.82) is 0 Å². The van der Waals surface area contributed by atoms with Crippen LogP contribution >= 0.6 is 0 Å². The number of hydrogen-bond donors (Lipinski definition) is 0. The van der Waals surface area contributed by atoms with Gasteiger partial charge in [-0.3, -0.25) is 9.59 Å². The maximum Gasteiger partial charge on any atom is 0.260 e.